The number of hydrogen-bond donors (Lipinski definition) is 2. The van der Waals surface area contributed by atoms with Gasteiger partial charge in [0.2, 0.25) is 0 Å². The molecule has 8 N–H and O–H groups in total. The number of rotatable bonds is 4. The number of pyridine rings is 1. The second kappa shape index (κ2) is 10.1. The Morgan fingerprint density at radius 1 is 1.17 bits per heavy atom. The van der Waals surface area contributed by atoms with E-state index in [9.17, 15) is 19.8 Å². The second-order valence-electron chi connectivity index (χ2n) is 3.04. The fraction of sp³-hybridized carbons (Fsp3) is 0.300. The summed E-state index contributed by atoms with van der Waals surface area (Å²) in [6, 6.07) is 2.39. The van der Waals surface area contributed by atoms with Gasteiger partial charge in [-0.25, -0.2) is 0 Å². The lowest BCUT2D eigenvalue weighted by Gasteiger charge is -2.08. The van der Waals surface area contributed by atoms with E-state index in [-0.39, 0.29) is 5.48 Å². The average Bonchev–Trinajstić information content (AvgIpc) is 2.30. The number of aromatic nitrogens is 1. The van der Waals surface area contributed by atoms with Crippen LogP contribution in [0.5, 0.6) is 0 Å². The normalized spacial score (nSPS) is 8.56. The quantitative estimate of drug-likeness (QED) is 0.547. The van der Waals surface area contributed by atoms with Crippen LogP contribution in [-0.2, 0) is 0 Å². The lowest BCUT2D eigenvalue weighted by molar-refractivity contribution is -0.404. The topological polar surface area (TPSA) is 180 Å². The van der Waals surface area contributed by atoms with Gasteiger partial charge in [0, 0.05) is 18.2 Å². The Morgan fingerprint density at radius 3 is 2.00 bits per heavy atom. The molecule has 0 amide bonds. The van der Waals surface area contributed by atoms with Crippen LogP contribution in [0.1, 0.15) is 27.3 Å². The van der Waals surface area contributed by atoms with Gasteiger partial charge in [-0.05, 0) is 12.1 Å². The van der Waals surface area contributed by atoms with E-state index in [1.807, 2.05) is 0 Å². The predicted molar refractivity (Wildman–Crippen MR) is 56.6 cm³/mol. The molecule has 8 nitrogen and oxygen atoms in total. The summed E-state index contributed by atoms with van der Waals surface area (Å²) >= 11 is 0. The van der Waals surface area contributed by atoms with Gasteiger partial charge in [0.05, 0.1) is 30.7 Å². The highest BCUT2D eigenvalue weighted by molar-refractivity contribution is 5.98. The predicted octanol–water partition coefficient (Wildman–Crippen LogP) is -5.16. The molecule has 0 unspecified atom stereocenters. The molecule has 0 saturated heterocycles. The highest BCUT2D eigenvalue weighted by Crippen LogP contribution is 2.01. The molecule has 1 aromatic heterocycles. The fourth-order valence-corrected chi connectivity index (χ4v) is 0.909. The van der Waals surface area contributed by atoms with Crippen LogP contribution in [0.4, 0.5) is 0 Å². The number of carbonyl (C=O) groups excluding carboxylic acids is 2. The van der Waals surface area contributed by atoms with Gasteiger partial charge in [-0.3, -0.25) is 4.98 Å². The van der Waals surface area contributed by atoms with Gasteiger partial charge in [-0.15, -0.1) is 0 Å². The van der Waals surface area contributed by atoms with Crippen LogP contribution in [0.15, 0.2) is 18.3 Å². The van der Waals surface area contributed by atoms with Crippen molar-refractivity contribution in [1.82, 2.24) is 4.98 Å². The van der Waals surface area contributed by atoms with E-state index in [2.05, 4.69) is 16.5 Å². The SMILES string of the molecule is O.O=C([O-])c1cccnc1C(=O)[O-].[NH3+]CCC[NH3+]. The van der Waals surface area contributed by atoms with Gasteiger partial charge in [0.25, 0.3) is 0 Å². The summed E-state index contributed by atoms with van der Waals surface area (Å²) in [4.78, 5) is 23.9. The Labute approximate surface area is 104 Å². The van der Waals surface area contributed by atoms with Crippen molar-refractivity contribution in [2.75, 3.05) is 13.1 Å². The third kappa shape index (κ3) is 6.53. The molecule has 8 heteroatoms. The number of carboxylic acid groups (broad SMARTS) is 2. The maximum absolute atomic E-state index is 10.3. The molecule has 1 heterocycles. The van der Waals surface area contributed by atoms with E-state index in [1.165, 1.54) is 12.5 Å². The summed E-state index contributed by atoms with van der Waals surface area (Å²) in [6.07, 6.45) is 2.33. The summed E-state index contributed by atoms with van der Waals surface area (Å²) in [7, 11) is 0. The number of nitrogens with zero attached hydrogens (tertiary/aromatic N) is 1. The highest BCUT2D eigenvalue weighted by Gasteiger charge is 2.03. The molecule has 0 bridgehead atoms. The van der Waals surface area contributed by atoms with Crippen LogP contribution >= 0.6 is 0 Å². The smallest absolute Gasteiger partial charge is 0.0947 e. The molecular weight excluding hydrogens is 242 g/mol. The van der Waals surface area contributed by atoms with E-state index >= 15 is 0 Å². The van der Waals surface area contributed by atoms with Crippen molar-refractivity contribution < 1.29 is 36.7 Å². The van der Waals surface area contributed by atoms with Gasteiger partial charge >= 0.3 is 0 Å². The molecule has 0 saturated carbocycles. The first-order valence-corrected chi connectivity index (χ1v) is 5.00. The minimum Gasteiger partial charge on any atom is -0.545 e. The Bertz CT molecular complexity index is 349. The summed E-state index contributed by atoms with van der Waals surface area (Å²) in [5.74, 6) is -3.21. The van der Waals surface area contributed by atoms with E-state index < -0.39 is 23.2 Å². The maximum atomic E-state index is 10.3. The van der Waals surface area contributed by atoms with Crippen molar-refractivity contribution in [3.8, 4) is 0 Å². The first kappa shape index (κ1) is 18.3. The van der Waals surface area contributed by atoms with Gasteiger partial charge in [-0.2, -0.15) is 0 Å². The molecule has 0 spiro atoms. The summed E-state index contributed by atoms with van der Waals surface area (Å²) < 4.78 is 0. The Morgan fingerprint density at radius 2 is 1.72 bits per heavy atom. The Hall–Kier alpha value is -2.03. The third-order valence-corrected chi connectivity index (χ3v) is 1.72. The maximum Gasteiger partial charge on any atom is 0.0947 e. The summed E-state index contributed by atoms with van der Waals surface area (Å²) in [5.41, 5.74) is 6.18. The lowest BCUT2D eigenvalue weighted by atomic mass is 10.2. The van der Waals surface area contributed by atoms with Gasteiger partial charge in [0.1, 0.15) is 0 Å². The Balaban J connectivity index is 0. The van der Waals surface area contributed by atoms with Crippen LogP contribution < -0.4 is 21.7 Å². The zero-order chi connectivity index (χ0) is 13.3. The van der Waals surface area contributed by atoms with Crippen LogP contribution in [0.2, 0.25) is 0 Å². The number of quaternary nitrogens is 2. The van der Waals surface area contributed by atoms with Crippen molar-refractivity contribution in [1.29, 1.82) is 0 Å². The molecule has 1 rings (SSSR count). The molecule has 0 aliphatic heterocycles. The first-order chi connectivity index (χ1) is 8.04. The molecule has 18 heavy (non-hydrogen) atoms. The van der Waals surface area contributed by atoms with Crippen molar-refractivity contribution in [2.45, 2.75) is 6.42 Å². The van der Waals surface area contributed by atoms with Gasteiger partial charge in [0.15, 0.2) is 0 Å². The zero-order valence-electron chi connectivity index (χ0n) is 9.85. The van der Waals surface area contributed by atoms with Crippen LogP contribution in [-0.4, -0.2) is 35.5 Å². The van der Waals surface area contributed by atoms with Crippen LogP contribution in [0.3, 0.4) is 0 Å². The molecule has 0 aromatic carbocycles. The number of aromatic carboxylic acids is 2. The molecule has 0 radical (unpaired) electrons. The molecule has 1 aromatic rings. The van der Waals surface area contributed by atoms with E-state index in [0.717, 1.165) is 25.4 Å². The van der Waals surface area contributed by atoms with E-state index in [4.69, 9.17) is 0 Å². The number of carbonyl (C=O) groups is 2. The molecule has 0 fully saturated rings. The molecular formula is C10H17N3O5. The van der Waals surface area contributed by atoms with Crippen LogP contribution in [0, 0.1) is 0 Å². The average molecular weight is 259 g/mol. The number of carboxylic acids is 2. The second-order valence-corrected chi connectivity index (χ2v) is 3.04. The highest BCUT2D eigenvalue weighted by atomic mass is 16.4. The number of hydrogen-bond acceptors (Lipinski definition) is 5. The van der Waals surface area contributed by atoms with E-state index in [0.29, 0.717) is 0 Å². The standard InChI is InChI=1S/C7H5NO4.C3H10N2.H2O/c9-6(10)4-2-1-3-8-5(4)7(11)12;4-2-1-3-5;/h1-3H,(H,9,10)(H,11,12);1-5H2;1H2. The van der Waals surface area contributed by atoms with Crippen molar-refractivity contribution >= 4 is 11.9 Å². The molecule has 0 aliphatic carbocycles. The molecule has 102 valence electrons. The van der Waals surface area contributed by atoms with Crippen molar-refractivity contribution in [3.63, 3.8) is 0 Å². The van der Waals surface area contributed by atoms with Crippen LogP contribution in [0.25, 0.3) is 0 Å². The van der Waals surface area contributed by atoms with Crippen molar-refractivity contribution in [3.05, 3.63) is 29.6 Å². The fourth-order valence-electron chi connectivity index (χ4n) is 0.909. The summed E-state index contributed by atoms with van der Waals surface area (Å²) in [5, 5.41) is 20.5. The van der Waals surface area contributed by atoms with E-state index in [1.54, 1.807) is 0 Å². The monoisotopic (exact) mass is 259 g/mol. The summed E-state index contributed by atoms with van der Waals surface area (Å²) in [6.45, 7) is 2.06. The largest absolute Gasteiger partial charge is 0.545 e. The van der Waals surface area contributed by atoms with Gasteiger partial charge < -0.3 is 36.7 Å². The first-order valence-electron chi connectivity index (χ1n) is 5.00. The zero-order valence-corrected chi connectivity index (χ0v) is 9.85. The lowest BCUT2D eigenvalue weighted by Crippen LogP contribution is -2.56. The Kier molecular flexibility index (Phi) is 10.3. The minimum absolute atomic E-state index is 0. The molecule has 0 aliphatic rings. The molecule has 0 atom stereocenters. The van der Waals surface area contributed by atoms with Gasteiger partial charge in [-0.1, -0.05) is 0 Å². The minimum atomic E-state index is -1.63. The third-order valence-electron chi connectivity index (χ3n) is 1.72. The van der Waals surface area contributed by atoms with Crippen molar-refractivity contribution in [2.24, 2.45) is 0 Å².